The lowest BCUT2D eigenvalue weighted by Gasteiger charge is -2.26. The number of aryl methyl sites for hydroxylation is 1. The lowest BCUT2D eigenvalue weighted by molar-refractivity contribution is -0.132. The summed E-state index contributed by atoms with van der Waals surface area (Å²) in [5.74, 6) is 1.38. The first-order chi connectivity index (χ1) is 11.6. The molecule has 128 valence electrons. The van der Waals surface area contributed by atoms with Gasteiger partial charge in [0, 0.05) is 25.1 Å². The van der Waals surface area contributed by atoms with Crippen LogP contribution in [-0.4, -0.2) is 41.8 Å². The Balaban J connectivity index is 1.62. The highest BCUT2D eigenvalue weighted by molar-refractivity contribution is 5.76. The van der Waals surface area contributed by atoms with E-state index in [1.54, 1.807) is 19.1 Å². The second kappa shape index (κ2) is 6.82. The van der Waals surface area contributed by atoms with Gasteiger partial charge in [0.05, 0.1) is 26.3 Å². The van der Waals surface area contributed by atoms with E-state index in [4.69, 9.17) is 9.47 Å². The molecule has 1 amide bonds. The van der Waals surface area contributed by atoms with Crippen molar-refractivity contribution in [1.29, 1.82) is 0 Å². The zero-order valence-electron chi connectivity index (χ0n) is 13.8. The highest BCUT2D eigenvalue weighted by Gasteiger charge is 2.23. The van der Waals surface area contributed by atoms with Gasteiger partial charge in [-0.25, -0.2) is 0 Å². The molecule has 2 aromatic rings. The molecule has 0 saturated heterocycles. The topological polar surface area (TPSA) is 87.4 Å². The molecule has 7 nitrogen and oxygen atoms in total. The molecule has 0 aliphatic carbocycles. The fourth-order valence-corrected chi connectivity index (χ4v) is 2.98. The molecule has 0 fully saturated rings. The molecule has 1 aliphatic rings. The van der Waals surface area contributed by atoms with Crippen LogP contribution in [0.2, 0.25) is 0 Å². The lowest BCUT2D eigenvalue weighted by atomic mass is 10.1. The predicted octanol–water partition coefficient (Wildman–Crippen LogP) is 1.24. The van der Waals surface area contributed by atoms with Gasteiger partial charge in [0.1, 0.15) is 0 Å². The molecule has 1 aromatic heterocycles. The van der Waals surface area contributed by atoms with Crippen LogP contribution < -0.4 is 15.0 Å². The Morgan fingerprint density at radius 1 is 1.21 bits per heavy atom. The number of amides is 1. The Morgan fingerprint density at radius 2 is 2.00 bits per heavy atom. The molecule has 24 heavy (non-hydrogen) atoms. The van der Waals surface area contributed by atoms with E-state index >= 15 is 0 Å². The summed E-state index contributed by atoms with van der Waals surface area (Å²) in [5.41, 5.74) is 2.45. The van der Waals surface area contributed by atoms with E-state index in [1.807, 2.05) is 18.2 Å². The van der Waals surface area contributed by atoms with Gasteiger partial charge in [0.15, 0.2) is 11.5 Å². The number of fused-ring (bicyclic) bond motifs is 1. The summed E-state index contributed by atoms with van der Waals surface area (Å²) >= 11 is 0. The van der Waals surface area contributed by atoms with Crippen LogP contribution in [0.1, 0.15) is 23.2 Å². The number of hydrogen-bond donors (Lipinski definition) is 2. The number of aromatic nitrogens is 2. The molecule has 2 N–H and O–H groups in total. The van der Waals surface area contributed by atoms with E-state index < -0.39 is 0 Å². The van der Waals surface area contributed by atoms with Crippen molar-refractivity contribution in [3.05, 3.63) is 45.4 Å². The number of hydrogen-bond acceptors (Lipinski definition) is 4. The molecule has 0 spiro atoms. The average Bonchev–Trinajstić information content (AvgIpc) is 2.99. The number of nitrogens with one attached hydrogen (secondary N) is 2. The molecule has 0 unspecified atom stereocenters. The lowest BCUT2D eigenvalue weighted by Crippen LogP contribution is -2.37. The van der Waals surface area contributed by atoms with Crippen molar-refractivity contribution < 1.29 is 14.3 Å². The number of benzene rings is 1. The molecule has 0 radical (unpaired) electrons. The van der Waals surface area contributed by atoms with Crippen molar-refractivity contribution >= 4 is 5.91 Å². The molecular weight excluding hydrogens is 310 g/mol. The highest BCUT2D eigenvalue weighted by Crippen LogP contribution is 2.28. The maximum atomic E-state index is 12.4. The second-order valence-corrected chi connectivity index (χ2v) is 5.79. The zero-order chi connectivity index (χ0) is 17.1. The number of methoxy groups -OCH3 is 2. The first kappa shape index (κ1) is 16.2. The van der Waals surface area contributed by atoms with Crippen LogP contribution in [0.3, 0.4) is 0 Å². The van der Waals surface area contributed by atoms with Gasteiger partial charge in [0.25, 0.3) is 5.56 Å². The van der Waals surface area contributed by atoms with E-state index in [1.165, 1.54) is 0 Å². The Morgan fingerprint density at radius 3 is 2.75 bits per heavy atom. The Labute approximate surface area is 139 Å². The Hall–Kier alpha value is -2.70. The summed E-state index contributed by atoms with van der Waals surface area (Å²) in [4.78, 5) is 25.9. The monoisotopic (exact) mass is 331 g/mol. The van der Waals surface area contributed by atoms with Crippen molar-refractivity contribution in [3.63, 3.8) is 0 Å². The fourth-order valence-electron chi connectivity index (χ4n) is 2.98. The minimum absolute atomic E-state index is 0.0519. The summed E-state index contributed by atoms with van der Waals surface area (Å²) in [5, 5.41) is 5.44. The van der Waals surface area contributed by atoms with E-state index in [2.05, 4.69) is 10.2 Å². The van der Waals surface area contributed by atoms with Gasteiger partial charge in [-0.2, -0.15) is 0 Å². The van der Waals surface area contributed by atoms with Crippen LogP contribution in [0.4, 0.5) is 0 Å². The number of carbonyl (C=O) groups excluding carboxylic acids is 1. The van der Waals surface area contributed by atoms with Crippen molar-refractivity contribution in [2.24, 2.45) is 0 Å². The van der Waals surface area contributed by atoms with Crippen LogP contribution in [0, 0.1) is 0 Å². The van der Waals surface area contributed by atoms with Gasteiger partial charge < -0.3 is 19.5 Å². The van der Waals surface area contributed by atoms with Crippen LogP contribution in [0.15, 0.2) is 23.0 Å². The quantitative estimate of drug-likeness (QED) is 0.863. The molecular formula is C17H21N3O4. The van der Waals surface area contributed by atoms with Crippen molar-refractivity contribution in [3.8, 4) is 11.5 Å². The predicted molar refractivity (Wildman–Crippen MR) is 88.4 cm³/mol. The fraction of sp³-hybridized carbons (Fsp3) is 0.412. The number of carbonyl (C=O) groups is 1. The summed E-state index contributed by atoms with van der Waals surface area (Å²) in [6.45, 7) is 1.00. The summed E-state index contributed by atoms with van der Waals surface area (Å²) in [6.07, 6.45) is 1.69. The van der Waals surface area contributed by atoms with Crippen LogP contribution in [-0.2, 0) is 24.2 Å². The maximum Gasteiger partial charge on any atom is 0.269 e. The standard InChI is InChI=1S/C17H21N3O4/c1-23-14-5-3-11(9-15(14)24-2)4-6-16(21)20-8-7-13-12(10-20)17(22)19-18-13/h3,5,9H,4,6-8,10H2,1-2H3,(H2,18,19,22). The third-order valence-electron chi connectivity index (χ3n) is 4.37. The van der Waals surface area contributed by atoms with Crippen molar-refractivity contribution in [1.82, 2.24) is 15.1 Å². The number of H-pyrrole nitrogens is 2. The smallest absolute Gasteiger partial charge is 0.269 e. The van der Waals surface area contributed by atoms with Crippen LogP contribution >= 0.6 is 0 Å². The summed E-state index contributed by atoms with van der Waals surface area (Å²) in [6, 6.07) is 5.66. The molecule has 1 aliphatic heterocycles. The van der Waals surface area contributed by atoms with E-state index in [9.17, 15) is 9.59 Å². The van der Waals surface area contributed by atoms with Gasteiger partial charge in [0.2, 0.25) is 5.91 Å². The number of aromatic amines is 2. The van der Waals surface area contributed by atoms with Gasteiger partial charge >= 0.3 is 0 Å². The largest absolute Gasteiger partial charge is 0.493 e. The third-order valence-corrected chi connectivity index (χ3v) is 4.37. The van der Waals surface area contributed by atoms with E-state index in [0.717, 1.165) is 11.3 Å². The Kier molecular flexibility index (Phi) is 4.59. The van der Waals surface area contributed by atoms with E-state index in [0.29, 0.717) is 49.4 Å². The summed E-state index contributed by atoms with van der Waals surface area (Å²) < 4.78 is 10.5. The number of rotatable bonds is 5. The average molecular weight is 331 g/mol. The van der Waals surface area contributed by atoms with Gasteiger partial charge in [-0.15, -0.1) is 0 Å². The molecule has 0 saturated carbocycles. The SMILES string of the molecule is COc1ccc(CCC(=O)N2CCc3[nH][nH]c(=O)c3C2)cc1OC. The van der Waals surface area contributed by atoms with Crippen molar-refractivity contribution in [2.75, 3.05) is 20.8 Å². The van der Waals surface area contributed by atoms with Gasteiger partial charge in [-0.3, -0.25) is 14.7 Å². The molecule has 0 atom stereocenters. The number of nitrogens with zero attached hydrogens (tertiary/aromatic N) is 1. The molecule has 0 bridgehead atoms. The normalized spacial score (nSPS) is 13.5. The molecule has 7 heteroatoms. The second-order valence-electron chi connectivity index (χ2n) is 5.79. The third kappa shape index (κ3) is 3.15. The minimum Gasteiger partial charge on any atom is -0.493 e. The van der Waals surface area contributed by atoms with Gasteiger partial charge in [-0.1, -0.05) is 6.07 Å². The zero-order valence-corrected chi connectivity index (χ0v) is 13.8. The highest BCUT2D eigenvalue weighted by atomic mass is 16.5. The Bertz CT molecular complexity index is 793. The molecule has 2 heterocycles. The molecule has 3 rings (SSSR count). The van der Waals surface area contributed by atoms with Crippen molar-refractivity contribution in [2.45, 2.75) is 25.8 Å². The first-order valence-electron chi connectivity index (χ1n) is 7.89. The van der Waals surface area contributed by atoms with E-state index in [-0.39, 0.29) is 11.5 Å². The van der Waals surface area contributed by atoms with Crippen LogP contribution in [0.5, 0.6) is 11.5 Å². The van der Waals surface area contributed by atoms with Crippen LogP contribution in [0.25, 0.3) is 0 Å². The molecule has 1 aromatic carbocycles. The van der Waals surface area contributed by atoms with Gasteiger partial charge in [-0.05, 0) is 24.1 Å². The number of ether oxygens (including phenoxy) is 2. The summed E-state index contributed by atoms with van der Waals surface area (Å²) in [7, 11) is 3.18. The first-order valence-corrected chi connectivity index (χ1v) is 7.89. The minimum atomic E-state index is -0.137. The maximum absolute atomic E-state index is 12.4.